The summed E-state index contributed by atoms with van der Waals surface area (Å²) < 4.78 is 11.3. The van der Waals surface area contributed by atoms with Crippen LogP contribution in [0.25, 0.3) is 6.08 Å². The molecule has 0 atom stereocenters. The van der Waals surface area contributed by atoms with Crippen molar-refractivity contribution >= 4 is 17.9 Å². The topological polar surface area (TPSA) is 79.6 Å². The molecule has 2 amide bonds. The third-order valence-electron chi connectivity index (χ3n) is 5.20. The van der Waals surface area contributed by atoms with E-state index in [4.69, 9.17) is 9.47 Å². The predicted molar refractivity (Wildman–Crippen MR) is 116 cm³/mol. The Morgan fingerprint density at radius 3 is 2.43 bits per heavy atom. The van der Waals surface area contributed by atoms with Crippen molar-refractivity contribution in [2.75, 3.05) is 20.8 Å². The number of methoxy groups -OCH3 is 1. The van der Waals surface area contributed by atoms with E-state index in [-0.39, 0.29) is 5.57 Å². The third-order valence-corrected chi connectivity index (χ3v) is 5.20. The molecule has 0 spiro atoms. The highest BCUT2D eigenvalue weighted by Gasteiger charge is 2.32. The van der Waals surface area contributed by atoms with Crippen LogP contribution < -0.4 is 9.47 Å². The molecule has 1 aliphatic rings. The molecule has 0 fully saturated rings. The summed E-state index contributed by atoms with van der Waals surface area (Å²) >= 11 is 0. The molecule has 6 nitrogen and oxygen atoms in total. The van der Waals surface area contributed by atoms with Gasteiger partial charge in [0.05, 0.1) is 13.7 Å². The molecular formula is C24H30N2O4. The van der Waals surface area contributed by atoms with Crippen molar-refractivity contribution in [3.63, 3.8) is 0 Å². The summed E-state index contributed by atoms with van der Waals surface area (Å²) in [5.41, 5.74) is 1.40. The molecule has 2 rings (SSSR count). The smallest absolute Gasteiger partial charge is 0.271 e. The lowest BCUT2D eigenvalue weighted by molar-refractivity contribution is -0.138. The summed E-state index contributed by atoms with van der Waals surface area (Å²) in [4.78, 5) is 25.6. The van der Waals surface area contributed by atoms with Gasteiger partial charge in [0, 0.05) is 12.6 Å². The zero-order valence-corrected chi connectivity index (χ0v) is 18.3. The Balaban J connectivity index is 2.14. The maximum absolute atomic E-state index is 12.5. The van der Waals surface area contributed by atoms with Crippen molar-refractivity contribution in [2.24, 2.45) is 0 Å². The van der Waals surface area contributed by atoms with Crippen LogP contribution in [0.4, 0.5) is 0 Å². The van der Waals surface area contributed by atoms with Crippen LogP contribution in [-0.2, 0) is 9.59 Å². The van der Waals surface area contributed by atoms with Crippen LogP contribution in [0.2, 0.25) is 0 Å². The fraction of sp³-hybridized carbons (Fsp3) is 0.458. The van der Waals surface area contributed by atoms with Gasteiger partial charge in [-0.25, -0.2) is 0 Å². The number of ether oxygens (including phenoxy) is 2. The van der Waals surface area contributed by atoms with E-state index < -0.39 is 11.8 Å². The molecule has 0 unspecified atom stereocenters. The molecule has 0 radical (unpaired) electrons. The predicted octanol–water partition coefficient (Wildman–Crippen LogP) is 4.66. The first-order valence-electron chi connectivity index (χ1n) is 10.4. The van der Waals surface area contributed by atoms with Gasteiger partial charge in [0.1, 0.15) is 11.6 Å². The number of nitrogens with zero attached hydrogens (tertiary/aromatic N) is 2. The number of likely N-dealkylation sites (N-methyl/N-ethyl adjacent to an activating group) is 1. The average Bonchev–Trinajstić information content (AvgIpc) is 2.75. The number of benzene rings is 1. The number of carbonyl (C=O) groups excluding carboxylic acids is 2. The van der Waals surface area contributed by atoms with Gasteiger partial charge in [0.15, 0.2) is 11.5 Å². The molecule has 0 bridgehead atoms. The molecule has 1 aromatic carbocycles. The molecule has 0 saturated carbocycles. The fourth-order valence-electron chi connectivity index (χ4n) is 3.32. The van der Waals surface area contributed by atoms with Crippen LogP contribution in [0, 0.1) is 11.3 Å². The molecule has 6 heteroatoms. The van der Waals surface area contributed by atoms with Crippen molar-refractivity contribution < 1.29 is 19.1 Å². The number of amides is 2. The van der Waals surface area contributed by atoms with Crippen LogP contribution in [0.3, 0.4) is 0 Å². The van der Waals surface area contributed by atoms with Gasteiger partial charge in [-0.15, -0.1) is 0 Å². The zero-order valence-electron chi connectivity index (χ0n) is 18.3. The minimum Gasteiger partial charge on any atom is -0.493 e. The molecule has 0 aromatic heterocycles. The summed E-state index contributed by atoms with van der Waals surface area (Å²) in [6, 6.07) is 7.32. The van der Waals surface area contributed by atoms with E-state index in [1.807, 2.05) is 18.2 Å². The number of hydrogen-bond acceptors (Lipinski definition) is 5. The van der Waals surface area contributed by atoms with E-state index in [1.165, 1.54) is 32.7 Å². The van der Waals surface area contributed by atoms with Gasteiger partial charge in [-0.2, -0.15) is 5.26 Å². The van der Waals surface area contributed by atoms with E-state index in [9.17, 15) is 14.9 Å². The van der Waals surface area contributed by atoms with Crippen LogP contribution in [0.5, 0.6) is 11.5 Å². The van der Waals surface area contributed by atoms with Crippen molar-refractivity contribution in [1.82, 2.24) is 4.90 Å². The Kier molecular flexibility index (Phi) is 8.67. The number of nitriles is 1. The lowest BCUT2D eigenvalue weighted by Gasteiger charge is -2.23. The zero-order chi connectivity index (χ0) is 22.1. The molecule has 1 aliphatic heterocycles. The Hall–Kier alpha value is -3.07. The largest absolute Gasteiger partial charge is 0.493 e. The maximum atomic E-state index is 12.5. The number of rotatable bonds is 10. The number of unbranched alkanes of at least 4 members (excludes halogenated alkanes) is 5. The van der Waals surface area contributed by atoms with E-state index in [2.05, 4.69) is 6.92 Å². The molecular weight excluding hydrogens is 380 g/mol. The fourth-order valence-corrected chi connectivity index (χ4v) is 3.32. The first-order valence-corrected chi connectivity index (χ1v) is 10.4. The Labute approximate surface area is 178 Å². The minimum absolute atomic E-state index is 0.0193. The summed E-state index contributed by atoms with van der Waals surface area (Å²) in [7, 11) is 2.95. The lowest BCUT2D eigenvalue weighted by atomic mass is 9.94. The standard InChI is InChI=1S/C24H30N2O4/c1-5-6-7-8-9-10-13-30-21-12-11-18(15-22(21)29-4)14-19-17(2)20(16-25)24(28)26(3)23(19)27/h11-12,14-15H,5-10,13H2,1-4H3/b19-14+. The number of hydrogen-bond donors (Lipinski definition) is 0. The quantitative estimate of drug-likeness (QED) is 0.318. The van der Waals surface area contributed by atoms with E-state index >= 15 is 0 Å². The summed E-state index contributed by atoms with van der Waals surface area (Å²) in [5.74, 6) is 0.220. The second-order valence-electron chi connectivity index (χ2n) is 7.37. The molecule has 0 saturated heterocycles. The van der Waals surface area contributed by atoms with Gasteiger partial charge in [0.2, 0.25) is 0 Å². The Morgan fingerprint density at radius 2 is 1.77 bits per heavy atom. The van der Waals surface area contributed by atoms with Crippen molar-refractivity contribution in [3.8, 4) is 17.6 Å². The highest BCUT2D eigenvalue weighted by molar-refractivity contribution is 6.19. The first kappa shape index (κ1) is 23.2. The Morgan fingerprint density at radius 1 is 1.07 bits per heavy atom. The summed E-state index contributed by atoms with van der Waals surface area (Å²) in [5, 5.41) is 9.27. The van der Waals surface area contributed by atoms with Gasteiger partial charge in [0.25, 0.3) is 11.8 Å². The molecule has 0 N–H and O–H groups in total. The minimum atomic E-state index is -0.576. The van der Waals surface area contributed by atoms with Crippen molar-refractivity contribution in [1.29, 1.82) is 5.26 Å². The maximum Gasteiger partial charge on any atom is 0.271 e. The van der Waals surface area contributed by atoms with Crippen LogP contribution in [0.1, 0.15) is 57.9 Å². The van der Waals surface area contributed by atoms with E-state index in [0.29, 0.717) is 29.3 Å². The third kappa shape index (κ3) is 5.50. The average molecular weight is 411 g/mol. The molecule has 0 aliphatic carbocycles. The highest BCUT2D eigenvalue weighted by atomic mass is 16.5. The Bertz CT molecular complexity index is 893. The van der Waals surface area contributed by atoms with Crippen LogP contribution in [-0.4, -0.2) is 37.5 Å². The lowest BCUT2D eigenvalue weighted by Crippen LogP contribution is -2.39. The monoisotopic (exact) mass is 410 g/mol. The van der Waals surface area contributed by atoms with Crippen molar-refractivity contribution in [3.05, 3.63) is 40.5 Å². The van der Waals surface area contributed by atoms with E-state index in [0.717, 1.165) is 23.3 Å². The molecule has 1 heterocycles. The van der Waals surface area contributed by atoms with Gasteiger partial charge in [-0.3, -0.25) is 14.5 Å². The number of carbonyl (C=O) groups is 2. The SMILES string of the molecule is CCCCCCCCOc1ccc(/C=C2/C(=O)N(C)C(=O)C(C#N)=C2C)cc1OC. The first-order chi connectivity index (χ1) is 14.4. The summed E-state index contributed by atoms with van der Waals surface area (Å²) in [6.07, 6.45) is 8.82. The summed E-state index contributed by atoms with van der Waals surface area (Å²) in [6.45, 7) is 4.45. The van der Waals surface area contributed by atoms with Crippen molar-refractivity contribution in [2.45, 2.75) is 52.4 Å². The van der Waals surface area contributed by atoms with Gasteiger partial charge in [-0.05, 0) is 42.7 Å². The van der Waals surface area contributed by atoms with E-state index in [1.54, 1.807) is 26.2 Å². The molecule has 160 valence electrons. The molecule has 1 aromatic rings. The van der Waals surface area contributed by atoms with Crippen LogP contribution >= 0.6 is 0 Å². The number of imide groups is 1. The van der Waals surface area contributed by atoms with Gasteiger partial charge < -0.3 is 9.47 Å². The highest BCUT2D eigenvalue weighted by Crippen LogP contribution is 2.31. The van der Waals surface area contributed by atoms with Gasteiger partial charge >= 0.3 is 0 Å². The van der Waals surface area contributed by atoms with Crippen LogP contribution in [0.15, 0.2) is 34.9 Å². The molecule has 30 heavy (non-hydrogen) atoms. The normalized spacial score (nSPS) is 15.6. The van der Waals surface area contributed by atoms with Gasteiger partial charge in [-0.1, -0.05) is 45.1 Å². The second-order valence-corrected chi connectivity index (χ2v) is 7.37. The second kappa shape index (κ2) is 11.2.